The van der Waals surface area contributed by atoms with Crippen LogP contribution in [0.1, 0.15) is 33.6 Å². The second-order valence-electron chi connectivity index (χ2n) is 6.01. The van der Waals surface area contributed by atoms with Crippen LogP contribution in [0.15, 0.2) is 46.9 Å². The zero-order chi connectivity index (χ0) is 20.3. The van der Waals surface area contributed by atoms with E-state index in [1.54, 1.807) is 18.2 Å². The summed E-state index contributed by atoms with van der Waals surface area (Å²) in [6, 6.07) is 10.5. The molecule has 0 saturated heterocycles. The number of hydrogen-bond donors (Lipinski definition) is 1. The molecule has 146 valence electrons. The number of imide groups is 1. The maximum Gasteiger partial charge on any atom is 0.387 e. The van der Waals surface area contributed by atoms with Crippen molar-refractivity contribution in [1.29, 1.82) is 0 Å². The molecule has 2 aromatic rings. The van der Waals surface area contributed by atoms with Gasteiger partial charge in [0.1, 0.15) is 5.75 Å². The van der Waals surface area contributed by atoms with Gasteiger partial charge in [0.05, 0.1) is 11.1 Å². The normalized spacial score (nSPS) is 13.1. The number of ether oxygens (including phenoxy) is 1. The van der Waals surface area contributed by atoms with Crippen LogP contribution in [0.2, 0.25) is 0 Å². The van der Waals surface area contributed by atoms with E-state index >= 15 is 0 Å². The topological polar surface area (TPSA) is 75.7 Å². The average Bonchev–Trinajstić information content (AvgIpc) is 2.85. The number of fused-ring (bicyclic) bond motifs is 1. The molecule has 0 fully saturated rings. The molecule has 1 aliphatic rings. The minimum absolute atomic E-state index is 0.0526. The zero-order valence-electron chi connectivity index (χ0n) is 14.5. The molecule has 0 radical (unpaired) electrons. The highest BCUT2D eigenvalue weighted by atomic mass is 79.9. The van der Waals surface area contributed by atoms with Crippen LogP contribution in [0, 0.1) is 0 Å². The van der Waals surface area contributed by atoms with Crippen LogP contribution in [-0.4, -0.2) is 35.8 Å². The molecule has 0 saturated carbocycles. The number of rotatable bonds is 7. The molecular formula is C19H15BrF2N2O4. The second kappa shape index (κ2) is 8.47. The van der Waals surface area contributed by atoms with Gasteiger partial charge in [-0.25, -0.2) is 0 Å². The zero-order valence-corrected chi connectivity index (χ0v) is 16.0. The number of carbonyl (C=O) groups is 3. The van der Waals surface area contributed by atoms with Crippen molar-refractivity contribution in [1.82, 2.24) is 4.90 Å². The van der Waals surface area contributed by atoms with Gasteiger partial charge in [0, 0.05) is 29.2 Å². The van der Waals surface area contributed by atoms with Gasteiger partial charge >= 0.3 is 6.61 Å². The van der Waals surface area contributed by atoms with Crippen molar-refractivity contribution in [3.05, 3.63) is 58.1 Å². The van der Waals surface area contributed by atoms with Crippen LogP contribution in [0.5, 0.6) is 5.75 Å². The number of benzene rings is 2. The number of halogens is 3. The predicted molar refractivity (Wildman–Crippen MR) is 100 cm³/mol. The van der Waals surface area contributed by atoms with Crippen molar-refractivity contribution in [2.24, 2.45) is 0 Å². The molecule has 6 nitrogen and oxygen atoms in total. The summed E-state index contributed by atoms with van der Waals surface area (Å²) in [5, 5.41) is 2.57. The Labute approximate surface area is 167 Å². The molecule has 3 amide bonds. The lowest BCUT2D eigenvalue weighted by atomic mass is 10.1. The van der Waals surface area contributed by atoms with E-state index in [0.717, 1.165) is 4.90 Å². The number of nitrogens with zero attached hydrogens (tertiary/aromatic N) is 1. The number of nitrogens with one attached hydrogen (secondary N) is 1. The maximum atomic E-state index is 12.4. The minimum Gasteiger partial charge on any atom is -0.435 e. The van der Waals surface area contributed by atoms with Crippen LogP contribution >= 0.6 is 15.9 Å². The first-order valence-electron chi connectivity index (χ1n) is 8.35. The van der Waals surface area contributed by atoms with Crippen molar-refractivity contribution in [2.45, 2.75) is 19.5 Å². The van der Waals surface area contributed by atoms with Gasteiger partial charge in [-0.15, -0.1) is 0 Å². The SMILES string of the molecule is O=C(CCCN1C(=O)c2ccc(Br)cc2C1=O)Nc1cccc(OC(F)F)c1. The van der Waals surface area contributed by atoms with E-state index in [1.807, 2.05) is 0 Å². The molecule has 1 heterocycles. The van der Waals surface area contributed by atoms with E-state index in [9.17, 15) is 23.2 Å². The van der Waals surface area contributed by atoms with E-state index in [0.29, 0.717) is 21.3 Å². The monoisotopic (exact) mass is 452 g/mol. The first kappa shape index (κ1) is 19.9. The average molecular weight is 453 g/mol. The highest BCUT2D eigenvalue weighted by Gasteiger charge is 2.35. The van der Waals surface area contributed by atoms with Crippen molar-refractivity contribution >= 4 is 39.3 Å². The summed E-state index contributed by atoms with van der Waals surface area (Å²) in [6.45, 7) is -2.85. The quantitative estimate of drug-likeness (QED) is 0.642. The van der Waals surface area contributed by atoms with E-state index in [-0.39, 0.29) is 37.0 Å². The maximum absolute atomic E-state index is 12.4. The first-order chi connectivity index (χ1) is 13.3. The van der Waals surface area contributed by atoms with Crippen LogP contribution in [0.25, 0.3) is 0 Å². The van der Waals surface area contributed by atoms with Crippen molar-refractivity contribution in [3.63, 3.8) is 0 Å². The molecule has 1 N–H and O–H groups in total. The lowest BCUT2D eigenvalue weighted by molar-refractivity contribution is -0.116. The van der Waals surface area contributed by atoms with E-state index in [1.165, 1.54) is 24.3 Å². The number of carbonyl (C=O) groups excluding carboxylic acids is 3. The molecule has 0 unspecified atom stereocenters. The summed E-state index contributed by atoms with van der Waals surface area (Å²) in [6.07, 6.45) is 0.322. The third-order valence-electron chi connectivity index (χ3n) is 4.06. The molecule has 0 aliphatic carbocycles. The summed E-state index contributed by atoms with van der Waals surface area (Å²) in [4.78, 5) is 37.8. The fraction of sp³-hybridized carbons (Fsp3) is 0.211. The largest absolute Gasteiger partial charge is 0.435 e. The third-order valence-corrected chi connectivity index (χ3v) is 4.55. The van der Waals surface area contributed by atoms with Crippen molar-refractivity contribution in [3.8, 4) is 5.75 Å². The smallest absolute Gasteiger partial charge is 0.387 e. The summed E-state index contributed by atoms with van der Waals surface area (Å²) in [5.41, 5.74) is 0.988. The fourth-order valence-electron chi connectivity index (χ4n) is 2.84. The highest BCUT2D eigenvalue weighted by molar-refractivity contribution is 9.10. The van der Waals surface area contributed by atoms with Gasteiger partial charge in [-0.05, 0) is 36.8 Å². The summed E-state index contributed by atoms with van der Waals surface area (Å²) in [5.74, 6) is -1.21. The number of alkyl halides is 2. The Kier molecular flexibility index (Phi) is 6.03. The van der Waals surface area contributed by atoms with Crippen molar-refractivity contribution in [2.75, 3.05) is 11.9 Å². The molecule has 3 rings (SSSR count). The van der Waals surface area contributed by atoms with Gasteiger partial charge in [-0.3, -0.25) is 19.3 Å². The van der Waals surface area contributed by atoms with Gasteiger partial charge in [-0.1, -0.05) is 22.0 Å². The van der Waals surface area contributed by atoms with E-state index < -0.39 is 12.5 Å². The predicted octanol–water partition coefficient (Wildman–Crippen LogP) is 4.07. The molecule has 1 aliphatic heterocycles. The van der Waals surface area contributed by atoms with Crippen LogP contribution in [0.4, 0.5) is 14.5 Å². The highest BCUT2D eigenvalue weighted by Crippen LogP contribution is 2.26. The minimum atomic E-state index is -2.95. The molecule has 9 heteroatoms. The van der Waals surface area contributed by atoms with Gasteiger partial charge in [-0.2, -0.15) is 8.78 Å². The Hall–Kier alpha value is -2.81. The Balaban J connectivity index is 1.52. The Morgan fingerprint density at radius 2 is 1.86 bits per heavy atom. The number of anilines is 1. The fourth-order valence-corrected chi connectivity index (χ4v) is 3.20. The third kappa shape index (κ3) is 4.53. The summed E-state index contributed by atoms with van der Waals surface area (Å²) < 4.78 is 29.5. The van der Waals surface area contributed by atoms with Gasteiger partial charge in [0.15, 0.2) is 0 Å². The standard InChI is InChI=1S/C19H15BrF2N2O4/c20-11-6-7-14-15(9-11)18(27)24(17(14)26)8-2-5-16(25)23-12-3-1-4-13(10-12)28-19(21)22/h1,3-4,6-7,9-10,19H,2,5,8H2,(H,23,25). The Morgan fingerprint density at radius 3 is 2.61 bits per heavy atom. The molecule has 28 heavy (non-hydrogen) atoms. The van der Waals surface area contributed by atoms with Crippen LogP contribution in [0.3, 0.4) is 0 Å². The number of hydrogen-bond acceptors (Lipinski definition) is 4. The Morgan fingerprint density at radius 1 is 1.11 bits per heavy atom. The second-order valence-corrected chi connectivity index (χ2v) is 6.93. The van der Waals surface area contributed by atoms with E-state index in [4.69, 9.17) is 0 Å². The lowest BCUT2D eigenvalue weighted by Crippen LogP contribution is -2.31. The molecular weight excluding hydrogens is 438 g/mol. The van der Waals surface area contributed by atoms with E-state index in [2.05, 4.69) is 26.0 Å². The molecule has 0 aromatic heterocycles. The van der Waals surface area contributed by atoms with Crippen molar-refractivity contribution < 1.29 is 27.9 Å². The molecule has 0 spiro atoms. The summed E-state index contributed by atoms with van der Waals surface area (Å²) >= 11 is 3.27. The summed E-state index contributed by atoms with van der Waals surface area (Å²) in [7, 11) is 0. The van der Waals surface area contributed by atoms with Gasteiger partial charge in [0.2, 0.25) is 5.91 Å². The van der Waals surface area contributed by atoms with Crippen LogP contribution in [-0.2, 0) is 4.79 Å². The molecule has 0 atom stereocenters. The molecule has 2 aromatic carbocycles. The lowest BCUT2D eigenvalue weighted by Gasteiger charge is -2.13. The van der Waals surface area contributed by atoms with Crippen LogP contribution < -0.4 is 10.1 Å². The molecule has 0 bridgehead atoms. The van der Waals surface area contributed by atoms with Gasteiger partial charge < -0.3 is 10.1 Å². The van der Waals surface area contributed by atoms with Gasteiger partial charge in [0.25, 0.3) is 11.8 Å². The number of amides is 3. The Bertz CT molecular complexity index is 936. The first-order valence-corrected chi connectivity index (χ1v) is 9.15.